The summed E-state index contributed by atoms with van der Waals surface area (Å²) in [5.74, 6) is 1.23. The van der Waals surface area contributed by atoms with Gasteiger partial charge in [0.1, 0.15) is 18.1 Å². The summed E-state index contributed by atoms with van der Waals surface area (Å²) in [4.78, 5) is 12.8. The topological polar surface area (TPSA) is 69.3 Å². The molecule has 2 aromatic heterocycles. The molecule has 0 atom stereocenters. The van der Waals surface area contributed by atoms with Crippen LogP contribution in [0.4, 0.5) is 5.69 Å². The van der Waals surface area contributed by atoms with Crippen molar-refractivity contribution in [1.82, 2.24) is 9.78 Å². The van der Waals surface area contributed by atoms with E-state index in [1.54, 1.807) is 12.1 Å². The molecule has 0 aliphatic carbocycles. The molecule has 0 saturated carbocycles. The number of rotatable bonds is 7. The van der Waals surface area contributed by atoms with Crippen molar-refractivity contribution >= 4 is 23.2 Å². The lowest BCUT2D eigenvalue weighted by atomic mass is 10.1. The Hall–Kier alpha value is -3.51. The summed E-state index contributed by atoms with van der Waals surface area (Å²) in [7, 11) is 0. The smallest absolute Gasteiger partial charge is 0.291 e. The second kappa shape index (κ2) is 9.55. The number of carbonyl (C=O) groups excluding carboxylic acids is 1. The Bertz CT molecular complexity index is 1290. The lowest BCUT2D eigenvalue weighted by molar-refractivity contribution is 0.0992. The zero-order valence-corrected chi connectivity index (χ0v) is 19.9. The highest BCUT2D eigenvalue weighted by Crippen LogP contribution is 2.23. The van der Waals surface area contributed by atoms with E-state index in [-0.39, 0.29) is 18.3 Å². The number of hydrogen-bond acceptors (Lipinski definition) is 4. The molecule has 0 spiro atoms. The highest BCUT2D eigenvalue weighted by atomic mass is 35.5. The van der Waals surface area contributed by atoms with Gasteiger partial charge >= 0.3 is 0 Å². The van der Waals surface area contributed by atoms with Gasteiger partial charge in [-0.15, -0.1) is 0 Å². The van der Waals surface area contributed by atoms with Gasteiger partial charge in [-0.3, -0.25) is 9.48 Å². The van der Waals surface area contributed by atoms with Crippen LogP contribution < -0.4 is 10.1 Å². The van der Waals surface area contributed by atoms with Gasteiger partial charge in [0.2, 0.25) is 0 Å². The van der Waals surface area contributed by atoms with Gasteiger partial charge < -0.3 is 14.5 Å². The predicted octanol–water partition coefficient (Wildman–Crippen LogP) is 6.24. The van der Waals surface area contributed by atoms with Gasteiger partial charge in [-0.05, 0) is 80.8 Å². The molecule has 6 nitrogen and oxygen atoms in total. The minimum absolute atomic E-state index is 0.220. The quantitative estimate of drug-likeness (QED) is 0.352. The molecule has 0 aliphatic rings. The monoisotopic (exact) mass is 463 g/mol. The van der Waals surface area contributed by atoms with E-state index < -0.39 is 0 Å². The first-order valence-electron chi connectivity index (χ1n) is 10.7. The van der Waals surface area contributed by atoms with E-state index in [9.17, 15) is 4.79 Å². The fraction of sp³-hybridized carbons (Fsp3) is 0.231. The molecule has 0 saturated heterocycles. The molecule has 0 fully saturated rings. The third-order valence-corrected chi connectivity index (χ3v) is 5.86. The number of aryl methyl sites for hydroxylation is 3. The number of ether oxygens (including phenoxy) is 1. The minimum atomic E-state index is -0.329. The van der Waals surface area contributed by atoms with Crippen LogP contribution in [0.3, 0.4) is 0 Å². The Balaban J connectivity index is 1.41. The number of carbonyl (C=O) groups is 1. The van der Waals surface area contributed by atoms with Gasteiger partial charge in [0, 0.05) is 5.02 Å². The maximum absolute atomic E-state index is 12.8. The van der Waals surface area contributed by atoms with E-state index in [0.29, 0.717) is 23.0 Å². The molecule has 0 bridgehead atoms. The van der Waals surface area contributed by atoms with Crippen LogP contribution in [0, 0.1) is 27.7 Å². The van der Waals surface area contributed by atoms with Gasteiger partial charge in [-0.2, -0.15) is 5.10 Å². The summed E-state index contributed by atoms with van der Waals surface area (Å²) in [6.07, 6.45) is 0. The van der Waals surface area contributed by atoms with Gasteiger partial charge in [0.25, 0.3) is 5.91 Å². The van der Waals surface area contributed by atoms with Crippen molar-refractivity contribution in [2.45, 2.75) is 40.8 Å². The SMILES string of the molecule is Cc1ccc(OCc2ccc(C(=O)Nc3c(C)nn(Cc4ccc(Cl)cc4)c3C)o2)cc1C. The zero-order valence-electron chi connectivity index (χ0n) is 19.1. The second-order valence-electron chi connectivity index (χ2n) is 8.08. The first kappa shape index (κ1) is 22.7. The average molecular weight is 464 g/mol. The summed E-state index contributed by atoms with van der Waals surface area (Å²) in [6, 6.07) is 16.9. The first-order chi connectivity index (χ1) is 15.8. The molecule has 1 N–H and O–H groups in total. The molecule has 0 radical (unpaired) electrons. The number of nitrogens with zero attached hydrogens (tertiary/aromatic N) is 2. The molecule has 0 aliphatic heterocycles. The summed E-state index contributed by atoms with van der Waals surface area (Å²) < 4.78 is 13.4. The van der Waals surface area contributed by atoms with E-state index in [4.69, 9.17) is 20.8 Å². The lowest BCUT2D eigenvalue weighted by Gasteiger charge is -2.07. The van der Waals surface area contributed by atoms with E-state index in [1.165, 1.54) is 5.56 Å². The Morgan fingerprint density at radius 2 is 1.79 bits per heavy atom. The number of anilines is 1. The van der Waals surface area contributed by atoms with Crippen LogP contribution in [0.2, 0.25) is 5.02 Å². The lowest BCUT2D eigenvalue weighted by Crippen LogP contribution is -2.12. The Kier molecular flexibility index (Phi) is 6.56. The molecule has 1 amide bonds. The van der Waals surface area contributed by atoms with Gasteiger partial charge in [-0.1, -0.05) is 29.8 Å². The summed E-state index contributed by atoms with van der Waals surface area (Å²) in [6.45, 7) is 8.72. The van der Waals surface area contributed by atoms with Gasteiger partial charge in [0.05, 0.1) is 23.6 Å². The van der Waals surface area contributed by atoms with Crippen molar-refractivity contribution in [3.63, 3.8) is 0 Å². The number of nitrogens with one attached hydrogen (secondary N) is 1. The second-order valence-corrected chi connectivity index (χ2v) is 8.52. The molecule has 170 valence electrons. The van der Waals surface area contributed by atoms with Gasteiger partial charge in [0.15, 0.2) is 5.76 Å². The Labute approximate surface area is 198 Å². The Morgan fingerprint density at radius 1 is 1.03 bits per heavy atom. The standard InChI is InChI=1S/C26H26ClN3O3/c1-16-5-10-22(13-17(16)2)32-15-23-11-12-24(33-23)26(31)28-25-18(3)29-30(19(25)4)14-20-6-8-21(27)9-7-20/h5-13H,14-15H2,1-4H3,(H,28,31). The normalized spacial score (nSPS) is 10.9. The number of benzene rings is 2. The summed E-state index contributed by atoms with van der Waals surface area (Å²) >= 11 is 5.97. The fourth-order valence-corrected chi connectivity index (χ4v) is 3.63. The van der Waals surface area contributed by atoms with E-state index in [0.717, 1.165) is 28.3 Å². The van der Waals surface area contributed by atoms with Crippen molar-refractivity contribution in [3.05, 3.63) is 99.2 Å². The summed E-state index contributed by atoms with van der Waals surface area (Å²) in [5.41, 5.74) is 5.72. The molecule has 2 aromatic carbocycles. The molecule has 0 unspecified atom stereocenters. The first-order valence-corrected chi connectivity index (χ1v) is 11.1. The average Bonchev–Trinajstić information content (AvgIpc) is 3.37. The molecular weight excluding hydrogens is 438 g/mol. The maximum atomic E-state index is 12.8. The molecule has 2 heterocycles. The van der Waals surface area contributed by atoms with Crippen LogP contribution in [0.25, 0.3) is 0 Å². The molecule has 4 aromatic rings. The van der Waals surface area contributed by atoms with Gasteiger partial charge in [-0.25, -0.2) is 0 Å². The number of halogens is 1. The molecule has 33 heavy (non-hydrogen) atoms. The van der Waals surface area contributed by atoms with Crippen LogP contribution in [0.1, 0.15) is 44.4 Å². The number of amides is 1. The largest absolute Gasteiger partial charge is 0.486 e. The van der Waals surface area contributed by atoms with Crippen molar-refractivity contribution in [1.29, 1.82) is 0 Å². The van der Waals surface area contributed by atoms with Crippen LogP contribution in [0.15, 0.2) is 59.0 Å². The number of furan rings is 1. The molecule has 4 rings (SSSR count). The minimum Gasteiger partial charge on any atom is -0.486 e. The highest BCUT2D eigenvalue weighted by Gasteiger charge is 2.18. The zero-order chi connectivity index (χ0) is 23.5. The van der Waals surface area contributed by atoms with Crippen molar-refractivity contribution in [2.75, 3.05) is 5.32 Å². The van der Waals surface area contributed by atoms with E-state index >= 15 is 0 Å². The summed E-state index contributed by atoms with van der Waals surface area (Å²) in [5, 5.41) is 8.20. The number of hydrogen-bond donors (Lipinski definition) is 1. The van der Waals surface area contributed by atoms with E-state index in [2.05, 4.69) is 17.3 Å². The van der Waals surface area contributed by atoms with Crippen molar-refractivity contribution < 1.29 is 13.9 Å². The number of aromatic nitrogens is 2. The van der Waals surface area contributed by atoms with Crippen LogP contribution in [-0.4, -0.2) is 15.7 Å². The molecular formula is C26H26ClN3O3. The van der Waals surface area contributed by atoms with E-state index in [1.807, 2.05) is 67.9 Å². The van der Waals surface area contributed by atoms with Crippen molar-refractivity contribution in [2.24, 2.45) is 0 Å². The third kappa shape index (κ3) is 5.29. The van der Waals surface area contributed by atoms with Crippen LogP contribution in [-0.2, 0) is 13.2 Å². The molecule has 7 heteroatoms. The Morgan fingerprint density at radius 3 is 2.52 bits per heavy atom. The van der Waals surface area contributed by atoms with Crippen LogP contribution in [0.5, 0.6) is 5.75 Å². The maximum Gasteiger partial charge on any atom is 0.291 e. The highest BCUT2D eigenvalue weighted by molar-refractivity contribution is 6.30. The predicted molar refractivity (Wildman–Crippen MR) is 129 cm³/mol. The van der Waals surface area contributed by atoms with Crippen molar-refractivity contribution in [3.8, 4) is 5.75 Å². The fourth-order valence-electron chi connectivity index (χ4n) is 3.51. The van der Waals surface area contributed by atoms with Crippen LogP contribution >= 0.6 is 11.6 Å². The third-order valence-electron chi connectivity index (χ3n) is 5.61.